The van der Waals surface area contributed by atoms with E-state index in [0.29, 0.717) is 164 Å². The van der Waals surface area contributed by atoms with Gasteiger partial charge in [0.15, 0.2) is 18.9 Å². The number of hydrogen-bond donors (Lipinski definition) is 19. The largest absolute Gasteiger partial charge is 0.780 e. The van der Waals surface area contributed by atoms with Crippen LogP contribution in [-0.4, -0.2) is 326 Å². The highest BCUT2D eigenvalue weighted by Gasteiger charge is 2.51. The zero-order valence-electron chi connectivity index (χ0n) is 92.8. The molecule has 3 saturated heterocycles. The van der Waals surface area contributed by atoms with E-state index in [0.717, 1.165) is 25.7 Å². The first-order chi connectivity index (χ1) is 69.0. The molecule has 0 aromatic carbocycles. The van der Waals surface area contributed by atoms with E-state index in [4.69, 9.17) is 95.4 Å². The fourth-order valence-corrected chi connectivity index (χ4v) is 25.0. The number of rotatable bonds is 83. The van der Waals surface area contributed by atoms with E-state index < -0.39 is 163 Å². The average Bonchev–Trinajstić information content (AvgIpc) is 0.809. The van der Waals surface area contributed by atoms with Crippen molar-refractivity contribution in [2.24, 2.45) is 124 Å². The molecule has 872 valence electrons. The highest BCUT2D eigenvalue weighted by atomic mass is 32.7. The van der Waals surface area contributed by atoms with E-state index in [1.54, 1.807) is 0 Å². The first-order valence-corrected chi connectivity index (χ1v) is 64.7. The van der Waals surface area contributed by atoms with Gasteiger partial charge in [0.25, 0.3) is 0 Å². The quantitative estimate of drug-likeness (QED) is 0.0153. The second kappa shape index (κ2) is 73.1. The summed E-state index contributed by atoms with van der Waals surface area (Å²) < 4.78 is 106. The smallest absolute Gasteiger partial charge is 0.475 e. The first-order valence-electron chi connectivity index (χ1n) is 54.0. The number of thiol groups is 3. The number of ether oxygens (including phenoxy) is 10. The Labute approximate surface area is 903 Å². The normalized spacial score (nSPS) is 28.2. The summed E-state index contributed by atoms with van der Waals surface area (Å²) in [6, 6.07) is -3.35. The van der Waals surface area contributed by atoms with Crippen LogP contribution >= 0.6 is 64.9 Å². The van der Waals surface area contributed by atoms with Gasteiger partial charge in [0, 0.05) is 73.6 Å². The van der Waals surface area contributed by atoms with Crippen LogP contribution in [0.4, 0.5) is 0 Å². The van der Waals surface area contributed by atoms with Gasteiger partial charge < -0.3 is 128 Å². The number of nitrogens with one attached hydrogen (secondary N) is 3. The topological polar surface area (TPSA) is 539 Å². The summed E-state index contributed by atoms with van der Waals surface area (Å²) in [6.07, 6.45) is -8.59. The summed E-state index contributed by atoms with van der Waals surface area (Å²) in [4.78, 5) is 82.6. The third kappa shape index (κ3) is 50.9. The Morgan fingerprint density at radius 1 is 0.327 bits per heavy atom. The van der Waals surface area contributed by atoms with Gasteiger partial charge in [0.1, 0.15) is 105 Å². The summed E-state index contributed by atoms with van der Waals surface area (Å²) in [5.41, 5.74) is -1.27. The van der Waals surface area contributed by atoms with Crippen LogP contribution in [0.3, 0.4) is 0 Å². The molecule has 10 unspecified atom stereocenters. The van der Waals surface area contributed by atoms with Crippen LogP contribution in [0.5, 0.6) is 0 Å². The van der Waals surface area contributed by atoms with E-state index in [1.807, 2.05) is 0 Å². The SMILES string of the molecule is CC(=O)NC1[C@H](OCCCCO[P+](O)(S)OCCCOCC(COCCCO[P+](O)(S)OCCCCO[C@@H]2OC(CO)[C@H](O)[C@H](O)C2NC(C)=O)(COCCCO[P+](O)(S)OCCCCO[C@@H]2OC(CO)[C@H](O)[C@H](O)C2NC(C)=O)OCCCCCCCCOP([O-])(=S)OC[C@@H](C)[C@@H](C)[C@@H](C)[C@@H](C)[C@@H](C)[C@@H](C)[C@@H](C)[C@@H](C)[C@@H](C)[C@@H](C)[C@@H](C)[C@@H](C)[C@@H](C)[C@@H](C)[C@@H](C)[C@@H](C)[C@@H](C)[C@@H](C)[C@@H](C)[C@@H](C)[C@@H](C)CO)OC(CO)[C@H](O)[C@@H]1O. The zero-order valence-corrected chi connectivity index (χ0v) is 99.9. The van der Waals surface area contributed by atoms with Crippen molar-refractivity contribution in [3.05, 3.63) is 0 Å². The molecule has 147 heavy (non-hydrogen) atoms. The molecule has 46 heteroatoms. The molecule has 40 atom stereocenters. The lowest BCUT2D eigenvalue weighted by molar-refractivity contribution is -0.270. The van der Waals surface area contributed by atoms with Crippen LogP contribution in [0.2, 0.25) is 0 Å². The molecule has 3 aliphatic rings. The summed E-state index contributed by atoms with van der Waals surface area (Å²) in [5.74, 6) is 8.63. The van der Waals surface area contributed by atoms with Crippen LogP contribution in [0, 0.1) is 124 Å². The Balaban J connectivity index is 1.69. The zero-order chi connectivity index (χ0) is 111. The third-order valence-corrected chi connectivity index (χ3v) is 39.7. The monoisotopic (exact) mass is 2270 g/mol. The Bertz CT molecular complexity index is 3330. The van der Waals surface area contributed by atoms with Crippen molar-refractivity contribution >= 4 is 94.4 Å². The number of amides is 3. The fraction of sp³-hybridized carbons (Fsp3) is 0.970. The molecule has 0 saturated carbocycles. The van der Waals surface area contributed by atoms with Gasteiger partial charge in [-0.2, -0.15) is 41.8 Å². The van der Waals surface area contributed by atoms with Crippen LogP contribution in [0.15, 0.2) is 0 Å². The molecular formula is C101H201N3O35P4S4+2. The van der Waals surface area contributed by atoms with Gasteiger partial charge in [0.05, 0.1) is 109 Å². The highest BCUT2D eigenvalue weighted by Crippen LogP contribution is 2.63. The van der Waals surface area contributed by atoms with E-state index in [-0.39, 0.29) is 157 Å². The Hall–Kier alpha value is 0.120. The first kappa shape index (κ1) is 141. The minimum absolute atomic E-state index is 0.00286. The number of hydrogen-bond acceptors (Lipinski definition) is 39. The Morgan fingerprint density at radius 2 is 0.551 bits per heavy atom. The number of carbonyl (C=O) groups excluding carboxylic acids is 3. The molecule has 0 aromatic rings. The lowest BCUT2D eigenvalue weighted by Crippen LogP contribution is -2.64. The maximum atomic E-state index is 13.7. The third-order valence-electron chi connectivity index (χ3n) is 32.9. The van der Waals surface area contributed by atoms with Crippen LogP contribution in [0.1, 0.15) is 262 Å². The molecular weight excluding hydrogens is 2070 g/mol. The van der Waals surface area contributed by atoms with Crippen LogP contribution in [-0.2, 0) is 110 Å². The van der Waals surface area contributed by atoms with Gasteiger partial charge in [-0.3, -0.25) is 14.4 Å². The van der Waals surface area contributed by atoms with Crippen LogP contribution < -0.4 is 20.8 Å². The van der Waals surface area contributed by atoms with Crippen LogP contribution in [0.25, 0.3) is 0 Å². The molecule has 3 aliphatic heterocycles. The molecule has 16 N–H and O–H groups in total. The van der Waals surface area contributed by atoms with E-state index in [2.05, 4.69) is 198 Å². The molecule has 3 heterocycles. The van der Waals surface area contributed by atoms with Gasteiger partial charge in [-0.05, 0) is 195 Å². The second-order valence-corrected chi connectivity index (χ2v) is 54.7. The van der Waals surface area contributed by atoms with Crippen molar-refractivity contribution in [1.29, 1.82) is 0 Å². The van der Waals surface area contributed by atoms with Gasteiger partial charge >= 0.3 is 21.4 Å². The standard InChI is InChI=1S/C101H199N3O35P4S4/c1-62(54-105)64(3)66(5)68(7)70(9)72(11)74(13)76(15)78(17)80(19)82(21)81(20)79(18)77(16)75(14)73(12)71(10)69(8)67(6)65(4)63(2)58-136-143(121,147)132-47-30-28-26-25-27-29-46-128-101(59-122-40-37-51-133-140(118,144)129-48-34-31-43-125-98-89(102-83(22)109)95(115)92(112)86(55-106)137-98,60-123-41-38-52-134-141(119,145)130-49-35-32-44-126-99-90(103-84(23)110)96(116)93(113)87(56-107)138-99)61-124-42-39-53-135-142(120,146)131-50-36-33-45-127-100-91(104-85(24)111)97(117)94(114)88(57-108)139-100/h62-82,86-100,105-108,112-120,144-146H,25-61H2,1-24H3,(H-3,102,103,104,109,110,111,121,147)/p+2/t62-,63+,64-,65+,66-,67+,68-,69+,70-,71+,72-,73+,74-,75+,76-,77+,78-,79+,80-,81+,82-,86?,87?,88?,89?,90?,91?,92-,93-,94-,95+,96+,97+,98+,99+,100+,101?,140?,141?,142?,143?/m0/s1. The summed E-state index contributed by atoms with van der Waals surface area (Å²) in [6.45, 7) is 49.8. The van der Waals surface area contributed by atoms with Crippen molar-refractivity contribution in [2.75, 3.05) is 145 Å². The van der Waals surface area contributed by atoms with Gasteiger partial charge in [-0.25, -0.2) is 0 Å². The second-order valence-electron chi connectivity index (χ2n) is 42.9. The average molecular weight is 2270 g/mol. The molecule has 38 nitrogen and oxygen atoms in total. The summed E-state index contributed by atoms with van der Waals surface area (Å²) in [5, 5.41) is 110. The summed E-state index contributed by atoms with van der Waals surface area (Å²) >= 11 is 18.4. The molecule has 0 radical (unpaired) electrons. The predicted octanol–water partition coefficient (Wildman–Crippen LogP) is 12.4. The van der Waals surface area contributed by atoms with Crippen molar-refractivity contribution in [3.8, 4) is 0 Å². The number of aliphatic hydroxyl groups excluding tert-OH is 10. The van der Waals surface area contributed by atoms with E-state index >= 15 is 0 Å². The molecule has 0 aromatic heterocycles. The predicted molar refractivity (Wildman–Crippen MR) is 580 cm³/mol. The fourth-order valence-electron chi connectivity index (χ4n) is 19.9. The maximum Gasteiger partial charge on any atom is 0.475 e. The molecule has 0 spiro atoms. The lowest BCUT2D eigenvalue weighted by Gasteiger charge is -2.44. The number of unbranched alkanes of at least 4 members (excludes halogenated alkanes) is 8. The van der Waals surface area contributed by atoms with Crippen molar-refractivity contribution in [3.63, 3.8) is 0 Å². The summed E-state index contributed by atoms with van der Waals surface area (Å²) in [7, 11) is -11.0. The maximum absolute atomic E-state index is 13.7. The lowest BCUT2D eigenvalue weighted by atomic mass is 9.61. The Morgan fingerprint density at radius 3 is 0.803 bits per heavy atom. The number of aliphatic hydroxyl groups is 10. The van der Waals surface area contributed by atoms with Gasteiger partial charge in [0.2, 0.25) is 17.7 Å². The minimum Gasteiger partial charge on any atom is -0.780 e. The highest BCUT2D eigenvalue weighted by molar-refractivity contribution is 8.48. The van der Waals surface area contributed by atoms with Gasteiger partial charge in [-0.15, -0.1) is 0 Å². The minimum atomic E-state index is -3.79. The molecule has 0 aliphatic carbocycles. The van der Waals surface area contributed by atoms with Gasteiger partial charge in [-0.1, -0.05) is 183 Å². The van der Waals surface area contributed by atoms with E-state index in [1.165, 1.54) is 20.8 Å². The Kier molecular flexibility index (Phi) is 70.3. The van der Waals surface area contributed by atoms with Crippen molar-refractivity contribution in [1.82, 2.24) is 16.0 Å². The number of carbonyl (C=O) groups is 3. The van der Waals surface area contributed by atoms with Crippen molar-refractivity contribution < 1.29 is 169 Å². The van der Waals surface area contributed by atoms with E-state index in [9.17, 15) is 85.0 Å². The molecule has 3 fully saturated rings. The molecule has 3 amide bonds. The van der Waals surface area contributed by atoms with Crippen molar-refractivity contribution in [2.45, 2.75) is 360 Å². The molecule has 3 rings (SSSR count). The molecule has 0 bridgehead atoms.